The third-order valence-electron chi connectivity index (χ3n) is 6.26. The van der Waals surface area contributed by atoms with Gasteiger partial charge in [-0.05, 0) is 99.0 Å². The zero-order chi connectivity index (χ0) is 24.7. The fourth-order valence-corrected chi connectivity index (χ4v) is 3.96. The van der Waals surface area contributed by atoms with E-state index < -0.39 is 0 Å². The molecule has 0 radical (unpaired) electrons. The van der Waals surface area contributed by atoms with Crippen LogP contribution in [0.5, 0.6) is 11.5 Å². The molecule has 0 heterocycles. The number of carbonyl (C=O) groups is 1. The molecule has 1 N–H and O–H groups in total. The molecule has 0 spiro atoms. The fraction of sp³-hybridized carbons (Fsp3) is 0.500. The summed E-state index contributed by atoms with van der Waals surface area (Å²) in [6.45, 7) is 3.82. The molecule has 2 aromatic rings. The number of allylic oxidation sites excluding steroid dienone is 1. The van der Waals surface area contributed by atoms with Gasteiger partial charge in [0.1, 0.15) is 17.3 Å². The van der Waals surface area contributed by atoms with E-state index >= 15 is 0 Å². The Morgan fingerprint density at radius 3 is 2.06 bits per heavy atom. The van der Waals surface area contributed by atoms with Crippen molar-refractivity contribution in [2.45, 2.75) is 77.6 Å². The number of ether oxygens (including phenoxy) is 3. The lowest BCUT2D eigenvalue weighted by molar-refractivity contribution is 0.0734. The average molecular weight is 481 g/mol. The highest BCUT2D eigenvalue weighted by Gasteiger charge is 2.18. The predicted octanol–water partition coefficient (Wildman–Crippen LogP) is 7.33. The molecule has 5 heteroatoms. The van der Waals surface area contributed by atoms with E-state index in [1.54, 1.807) is 12.1 Å². The lowest BCUT2D eigenvalue weighted by atomic mass is 9.89. The zero-order valence-electron chi connectivity index (χ0n) is 21.1. The van der Waals surface area contributed by atoms with Gasteiger partial charge >= 0.3 is 5.97 Å². The Hall–Kier alpha value is -2.79. The molecule has 3 rings (SSSR count). The molecule has 0 aliphatic heterocycles. The van der Waals surface area contributed by atoms with Crippen LogP contribution < -0.4 is 9.47 Å². The molecule has 1 aliphatic carbocycles. The van der Waals surface area contributed by atoms with Gasteiger partial charge in [-0.15, -0.1) is 0 Å². The van der Waals surface area contributed by atoms with Crippen LogP contribution in [0.4, 0.5) is 0 Å². The standard InChI is InChI=1S/C30H40O5/c1-2-3-4-8-22-33-27-17-15-26(16-18-27)30(32)35-28-19-13-25(14-20-28)29(24-11-10-12-24)34-23-9-6-5-7-21-31/h13-20,31H,2-12,21-23H2,1H3. The van der Waals surface area contributed by atoms with Crippen LogP contribution in [0.25, 0.3) is 5.76 Å². The normalized spacial score (nSPS) is 12.7. The molecule has 0 aromatic heterocycles. The minimum absolute atomic E-state index is 0.256. The van der Waals surface area contributed by atoms with Crippen LogP contribution in [-0.2, 0) is 4.74 Å². The summed E-state index contributed by atoms with van der Waals surface area (Å²) in [7, 11) is 0. The van der Waals surface area contributed by atoms with Gasteiger partial charge in [-0.1, -0.05) is 32.6 Å². The van der Waals surface area contributed by atoms with E-state index in [-0.39, 0.29) is 12.6 Å². The SMILES string of the molecule is CCCCCCOc1ccc(C(=O)Oc2ccc(C(OCCCCCCO)=C3CCC3)cc2)cc1. The molecule has 190 valence electrons. The maximum atomic E-state index is 12.6. The fourth-order valence-electron chi connectivity index (χ4n) is 3.96. The Morgan fingerprint density at radius 2 is 1.40 bits per heavy atom. The van der Waals surface area contributed by atoms with Crippen molar-refractivity contribution in [3.05, 3.63) is 65.2 Å². The van der Waals surface area contributed by atoms with Crippen molar-refractivity contribution in [1.82, 2.24) is 0 Å². The van der Waals surface area contributed by atoms with Crippen LogP contribution in [0.1, 0.15) is 93.5 Å². The summed E-state index contributed by atoms with van der Waals surface area (Å²) in [4.78, 5) is 12.6. The van der Waals surface area contributed by atoms with Crippen LogP contribution in [0.15, 0.2) is 54.1 Å². The Bertz CT molecular complexity index is 909. The summed E-state index contributed by atoms with van der Waals surface area (Å²) in [6.07, 6.45) is 11.9. The largest absolute Gasteiger partial charge is 0.494 e. The predicted molar refractivity (Wildman–Crippen MR) is 140 cm³/mol. The van der Waals surface area contributed by atoms with Crippen LogP contribution in [0.3, 0.4) is 0 Å². The van der Waals surface area contributed by atoms with Gasteiger partial charge in [0.15, 0.2) is 0 Å². The summed E-state index contributed by atoms with van der Waals surface area (Å²) in [6, 6.07) is 14.7. The van der Waals surface area contributed by atoms with Gasteiger partial charge in [0.25, 0.3) is 0 Å². The molecule has 35 heavy (non-hydrogen) atoms. The van der Waals surface area contributed by atoms with Gasteiger partial charge in [0, 0.05) is 12.2 Å². The number of aliphatic hydroxyl groups is 1. The zero-order valence-corrected chi connectivity index (χ0v) is 21.1. The van der Waals surface area contributed by atoms with Gasteiger partial charge < -0.3 is 19.3 Å². The summed E-state index contributed by atoms with van der Waals surface area (Å²) in [5, 5.41) is 8.90. The topological polar surface area (TPSA) is 65.0 Å². The van der Waals surface area contributed by atoms with Gasteiger partial charge in [0.2, 0.25) is 0 Å². The molecule has 5 nitrogen and oxygen atoms in total. The molecular formula is C30H40O5. The third-order valence-corrected chi connectivity index (χ3v) is 6.26. The third kappa shape index (κ3) is 9.06. The smallest absolute Gasteiger partial charge is 0.343 e. The molecule has 0 unspecified atom stereocenters. The van der Waals surface area contributed by atoms with E-state index in [9.17, 15) is 4.79 Å². The second-order valence-electron chi connectivity index (χ2n) is 9.12. The number of hydrogen-bond donors (Lipinski definition) is 1. The number of benzene rings is 2. The molecule has 0 bridgehead atoms. The molecular weight excluding hydrogens is 440 g/mol. The number of hydrogen-bond acceptors (Lipinski definition) is 5. The van der Waals surface area contributed by atoms with Gasteiger partial charge in [-0.3, -0.25) is 0 Å². The maximum absolute atomic E-state index is 12.6. The van der Waals surface area contributed by atoms with Crippen molar-refractivity contribution >= 4 is 11.7 Å². The van der Waals surface area contributed by atoms with Crippen molar-refractivity contribution in [3.8, 4) is 11.5 Å². The van der Waals surface area contributed by atoms with E-state index in [0.717, 1.165) is 62.0 Å². The van der Waals surface area contributed by atoms with Crippen molar-refractivity contribution in [3.63, 3.8) is 0 Å². The van der Waals surface area contributed by atoms with E-state index in [0.29, 0.717) is 24.5 Å². The Labute approximate surface area is 210 Å². The quantitative estimate of drug-likeness (QED) is 0.118. The second kappa shape index (κ2) is 15.3. The number of rotatable bonds is 16. The van der Waals surface area contributed by atoms with Crippen molar-refractivity contribution in [2.24, 2.45) is 0 Å². The summed E-state index contributed by atoms with van der Waals surface area (Å²) in [5.41, 5.74) is 2.88. The molecule has 2 aromatic carbocycles. The molecule has 1 fully saturated rings. The monoisotopic (exact) mass is 480 g/mol. The highest BCUT2D eigenvalue weighted by Crippen LogP contribution is 2.35. The molecule has 0 saturated heterocycles. The first-order chi connectivity index (χ1) is 17.2. The van der Waals surface area contributed by atoms with E-state index in [4.69, 9.17) is 19.3 Å². The van der Waals surface area contributed by atoms with Crippen LogP contribution in [-0.4, -0.2) is 30.9 Å². The van der Waals surface area contributed by atoms with Gasteiger partial charge in [-0.25, -0.2) is 4.79 Å². The second-order valence-corrected chi connectivity index (χ2v) is 9.12. The van der Waals surface area contributed by atoms with Crippen LogP contribution in [0, 0.1) is 0 Å². The van der Waals surface area contributed by atoms with Crippen molar-refractivity contribution < 1.29 is 24.1 Å². The lowest BCUT2D eigenvalue weighted by Crippen LogP contribution is -2.09. The minimum atomic E-state index is -0.385. The summed E-state index contributed by atoms with van der Waals surface area (Å²) in [5.74, 6) is 1.87. The number of unbranched alkanes of at least 4 members (excludes halogenated alkanes) is 6. The lowest BCUT2D eigenvalue weighted by Gasteiger charge is -2.23. The van der Waals surface area contributed by atoms with Crippen molar-refractivity contribution in [2.75, 3.05) is 19.8 Å². The Morgan fingerprint density at radius 1 is 0.771 bits per heavy atom. The van der Waals surface area contributed by atoms with E-state index in [1.807, 2.05) is 36.4 Å². The highest BCUT2D eigenvalue weighted by molar-refractivity contribution is 5.91. The molecule has 0 amide bonds. The van der Waals surface area contributed by atoms with Crippen LogP contribution in [0.2, 0.25) is 0 Å². The summed E-state index contributed by atoms with van der Waals surface area (Å²) < 4.78 is 17.5. The molecule has 1 aliphatic rings. The Balaban J connectivity index is 1.50. The average Bonchev–Trinajstić information content (AvgIpc) is 2.85. The van der Waals surface area contributed by atoms with E-state index in [2.05, 4.69) is 6.92 Å². The van der Waals surface area contributed by atoms with Gasteiger partial charge in [0.05, 0.1) is 18.8 Å². The molecule has 1 saturated carbocycles. The number of carbonyl (C=O) groups excluding carboxylic acids is 1. The first kappa shape index (κ1) is 26.8. The van der Waals surface area contributed by atoms with Gasteiger partial charge in [-0.2, -0.15) is 0 Å². The number of esters is 1. The maximum Gasteiger partial charge on any atom is 0.343 e. The summed E-state index contributed by atoms with van der Waals surface area (Å²) >= 11 is 0. The van der Waals surface area contributed by atoms with Crippen molar-refractivity contribution in [1.29, 1.82) is 0 Å². The molecule has 0 atom stereocenters. The minimum Gasteiger partial charge on any atom is -0.494 e. The van der Waals surface area contributed by atoms with E-state index in [1.165, 1.54) is 31.3 Å². The highest BCUT2D eigenvalue weighted by atomic mass is 16.5. The number of aliphatic hydroxyl groups excluding tert-OH is 1. The first-order valence-corrected chi connectivity index (χ1v) is 13.2. The Kier molecular flexibility index (Phi) is 11.7. The first-order valence-electron chi connectivity index (χ1n) is 13.2. The van der Waals surface area contributed by atoms with Crippen LogP contribution >= 0.6 is 0 Å².